The van der Waals surface area contributed by atoms with E-state index in [0.29, 0.717) is 12.2 Å². The van der Waals surface area contributed by atoms with Gasteiger partial charge in [0.1, 0.15) is 5.69 Å². The SMILES string of the molecule is Cc1ccc([C@H](C)NCc2ccnc(/C(N)=N/O)c2)cc1. The Labute approximate surface area is 124 Å². The highest BCUT2D eigenvalue weighted by atomic mass is 16.4. The molecule has 0 aliphatic carbocycles. The van der Waals surface area contributed by atoms with Gasteiger partial charge in [-0.2, -0.15) is 0 Å². The quantitative estimate of drug-likeness (QED) is 0.340. The number of nitrogens with zero attached hydrogens (tertiary/aromatic N) is 2. The molecule has 5 heteroatoms. The number of nitrogens with two attached hydrogens (primary N) is 1. The van der Waals surface area contributed by atoms with E-state index in [4.69, 9.17) is 10.9 Å². The fraction of sp³-hybridized carbons (Fsp3) is 0.250. The fourth-order valence-corrected chi connectivity index (χ4v) is 2.02. The van der Waals surface area contributed by atoms with Gasteiger partial charge in [0.25, 0.3) is 0 Å². The number of nitrogens with one attached hydrogen (secondary N) is 1. The van der Waals surface area contributed by atoms with Gasteiger partial charge in [-0.3, -0.25) is 4.98 Å². The summed E-state index contributed by atoms with van der Waals surface area (Å²) >= 11 is 0. The zero-order chi connectivity index (χ0) is 15.2. The smallest absolute Gasteiger partial charge is 0.188 e. The summed E-state index contributed by atoms with van der Waals surface area (Å²) in [7, 11) is 0. The van der Waals surface area contributed by atoms with Crippen molar-refractivity contribution >= 4 is 5.84 Å². The lowest BCUT2D eigenvalue weighted by molar-refractivity contribution is 0.318. The number of pyridine rings is 1. The molecular weight excluding hydrogens is 264 g/mol. The number of oxime groups is 1. The van der Waals surface area contributed by atoms with Crippen LogP contribution >= 0.6 is 0 Å². The number of hydrogen-bond donors (Lipinski definition) is 3. The Morgan fingerprint density at radius 1 is 1.33 bits per heavy atom. The summed E-state index contributed by atoms with van der Waals surface area (Å²) in [5.41, 5.74) is 9.54. The minimum atomic E-state index is 0.0171. The maximum absolute atomic E-state index is 8.68. The van der Waals surface area contributed by atoms with Gasteiger partial charge >= 0.3 is 0 Å². The third kappa shape index (κ3) is 4.03. The predicted molar refractivity (Wildman–Crippen MR) is 83.2 cm³/mol. The minimum absolute atomic E-state index is 0.0171. The Hall–Kier alpha value is -2.40. The van der Waals surface area contributed by atoms with E-state index in [9.17, 15) is 0 Å². The summed E-state index contributed by atoms with van der Waals surface area (Å²) in [5, 5.41) is 15.1. The van der Waals surface area contributed by atoms with Crippen molar-refractivity contribution in [1.82, 2.24) is 10.3 Å². The van der Waals surface area contributed by atoms with E-state index in [-0.39, 0.29) is 11.9 Å². The molecular formula is C16H20N4O. The number of benzene rings is 1. The van der Waals surface area contributed by atoms with Crippen LogP contribution in [-0.2, 0) is 6.54 Å². The molecule has 1 aromatic heterocycles. The lowest BCUT2D eigenvalue weighted by atomic mass is 10.1. The first kappa shape index (κ1) is 15.0. The van der Waals surface area contributed by atoms with E-state index in [1.54, 1.807) is 6.20 Å². The third-order valence-corrected chi connectivity index (χ3v) is 3.38. The molecule has 0 aliphatic rings. The molecule has 0 aliphatic heterocycles. The predicted octanol–water partition coefficient (Wildman–Crippen LogP) is 2.34. The van der Waals surface area contributed by atoms with Crippen LogP contribution in [0.4, 0.5) is 0 Å². The Balaban J connectivity index is 2.01. The van der Waals surface area contributed by atoms with Crippen LogP contribution in [0.1, 0.15) is 35.3 Å². The zero-order valence-corrected chi connectivity index (χ0v) is 12.2. The maximum Gasteiger partial charge on any atom is 0.188 e. The lowest BCUT2D eigenvalue weighted by Crippen LogP contribution is -2.19. The van der Waals surface area contributed by atoms with Gasteiger partial charge < -0.3 is 16.3 Å². The second kappa shape index (κ2) is 6.85. The van der Waals surface area contributed by atoms with Gasteiger partial charge in [0.2, 0.25) is 0 Å². The third-order valence-electron chi connectivity index (χ3n) is 3.38. The molecule has 0 saturated heterocycles. The van der Waals surface area contributed by atoms with E-state index in [0.717, 1.165) is 5.56 Å². The van der Waals surface area contributed by atoms with E-state index in [1.807, 2.05) is 12.1 Å². The van der Waals surface area contributed by atoms with Crippen molar-refractivity contribution in [2.75, 3.05) is 0 Å². The van der Waals surface area contributed by atoms with Crippen LogP contribution in [0.25, 0.3) is 0 Å². The van der Waals surface area contributed by atoms with Crippen molar-refractivity contribution < 1.29 is 5.21 Å². The molecule has 2 rings (SSSR count). The lowest BCUT2D eigenvalue weighted by Gasteiger charge is -2.15. The molecule has 5 nitrogen and oxygen atoms in total. The molecule has 0 radical (unpaired) electrons. The average Bonchev–Trinajstić information content (AvgIpc) is 2.52. The van der Waals surface area contributed by atoms with E-state index in [1.165, 1.54) is 11.1 Å². The average molecular weight is 284 g/mol. The van der Waals surface area contributed by atoms with Crippen molar-refractivity contribution in [3.05, 3.63) is 65.0 Å². The zero-order valence-electron chi connectivity index (χ0n) is 12.2. The second-order valence-electron chi connectivity index (χ2n) is 5.05. The van der Waals surface area contributed by atoms with Crippen molar-refractivity contribution in [3.63, 3.8) is 0 Å². The molecule has 4 N–H and O–H groups in total. The van der Waals surface area contributed by atoms with E-state index >= 15 is 0 Å². The molecule has 1 atom stereocenters. The summed E-state index contributed by atoms with van der Waals surface area (Å²) < 4.78 is 0. The fourth-order valence-electron chi connectivity index (χ4n) is 2.02. The molecule has 2 aromatic rings. The second-order valence-corrected chi connectivity index (χ2v) is 5.05. The highest BCUT2D eigenvalue weighted by molar-refractivity contribution is 5.95. The van der Waals surface area contributed by atoms with Crippen molar-refractivity contribution in [2.24, 2.45) is 10.9 Å². The van der Waals surface area contributed by atoms with Gasteiger partial charge in [0.05, 0.1) is 0 Å². The maximum atomic E-state index is 8.68. The van der Waals surface area contributed by atoms with Crippen LogP contribution in [0, 0.1) is 6.92 Å². The molecule has 21 heavy (non-hydrogen) atoms. The molecule has 0 saturated carbocycles. The van der Waals surface area contributed by atoms with Gasteiger partial charge in [-0.1, -0.05) is 35.0 Å². The Morgan fingerprint density at radius 2 is 2.05 bits per heavy atom. The molecule has 0 fully saturated rings. The number of rotatable bonds is 5. The van der Waals surface area contributed by atoms with Crippen molar-refractivity contribution in [3.8, 4) is 0 Å². The molecule has 0 unspecified atom stereocenters. The number of aryl methyl sites for hydroxylation is 1. The summed E-state index contributed by atoms with van der Waals surface area (Å²) in [6.45, 7) is 4.88. The van der Waals surface area contributed by atoms with E-state index in [2.05, 4.69) is 53.6 Å². The highest BCUT2D eigenvalue weighted by Gasteiger charge is 2.06. The monoisotopic (exact) mass is 284 g/mol. The normalized spacial score (nSPS) is 13.1. The molecule has 1 aromatic carbocycles. The number of amidine groups is 1. The molecule has 0 amide bonds. The van der Waals surface area contributed by atoms with Gasteiger partial charge in [-0.05, 0) is 37.1 Å². The standard InChI is InChI=1S/C16H20N4O/c1-11-3-5-14(6-4-11)12(2)19-10-13-7-8-18-15(9-13)16(17)20-21/h3-9,12,19,21H,10H2,1-2H3,(H2,17,20)/t12-/m0/s1. The van der Waals surface area contributed by atoms with Crippen LogP contribution in [0.15, 0.2) is 47.8 Å². The van der Waals surface area contributed by atoms with Gasteiger partial charge in [-0.15, -0.1) is 0 Å². The van der Waals surface area contributed by atoms with Crippen LogP contribution in [0.5, 0.6) is 0 Å². The van der Waals surface area contributed by atoms with Gasteiger partial charge in [0.15, 0.2) is 5.84 Å². The minimum Gasteiger partial charge on any atom is -0.409 e. The largest absolute Gasteiger partial charge is 0.409 e. The highest BCUT2D eigenvalue weighted by Crippen LogP contribution is 2.14. The van der Waals surface area contributed by atoms with Crippen molar-refractivity contribution in [1.29, 1.82) is 0 Å². The first-order valence-corrected chi connectivity index (χ1v) is 6.83. The molecule has 0 spiro atoms. The summed E-state index contributed by atoms with van der Waals surface area (Å²) in [6.07, 6.45) is 1.65. The van der Waals surface area contributed by atoms with E-state index < -0.39 is 0 Å². The Morgan fingerprint density at radius 3 is 2.71 bits per heavy atom. The molecule has 0 bridgehead atoms. The number of aromatic nitrogens is 1. The van der Waals surface area contributed by atoms with Crippen LogP contribution in [-0.4, -0.2) is 16.0 Å². The summed E-state index contributed by atoms with van der Waals surface area (Å²) in [5.74, 6) is 0.0171. The van der Waals surface area contributed by atoms with Crippen LogP contribution in [0.3, 0.4) is 0 Å². The Bertz CT molecular complexity index is 622. The van der Waals surface area contributed by atoms with Gasteiger partial charge in [0, 0.05) is 18.8 Å². The van der Waals surface area contributed by atoms with Crippen LogP contribution < -0.4 is 11.1 Å². The summed E-state index contributed by atoms with van der Waals surface area (Å²) in [4.78, 5) is 4.06. The first-order chi connectivity index (χ1) is 10.1. The van der Waals surface area contributed by atoms with Crippen LogP contribution in [0.2, 0.25) is 0 Å². The van der Waals surface area contributed by atoms with Crippen molar-refractivity contribution in [2.45, 2.75) is 26.4 Å². The topological polar surface area (TPSA) is 83.5 Å². The molecule has 1 heterocycles. The number of hydrogen-bond acceptors (Lipinski definition) is 4. The molecule has 110 valence electrons. The Kier molecular flexibility index (Phi) is 4.90. The summed E-state index contributed by atoms with van der Waals surface area (Å²) in [6, 6.07) is 12.4. The first-order valence-electron chi connectivity index (χ1n) is 6.83. The van der Waals surface area contributed by atoms with Gasteiger partial charge in [-0.25, -0.2) is 0 Å².